The topological polar surface area (TPSA) is 26.0 Å². The second kappa shape index (κ2) is 9.36. The van der Waals surface area contributed by atoms with Crippen LogP contribution in [0.2, 0.25) is 0 Å². The van der Waals surface area contributed by atoms with Crippen LogP contribution >= 0.6 is 35.0 Å². The summed E-state index contributed by atoms with van der Waals surface area (Å²) in [5.74, 6) is 0. The van der Waals surface area contributed by atoms with E-state index in [4.69, 9.17) is 5.73 Å². The predicted octanol–water partition coefficient (Wildman–Crippen LogP) is 1.19. The SMILES string of the molecule is Cl.NCCCI. The van der Waals surface area contributed by atoms with Crippen LogP contribution < -0.4 is 5.73 Å². The van der Waals surface area contributed by atoms with Gasteiger partial charge in [-0.05, 0) is 13.0 Å². The third-order valence-corrected chi connectivity index (χ3v) is 1.10. The van der Waals surface area contributed by atoms with Gasteiger partial charge in [0.15, 0.2) is 0 Å². The predicted molar refractivity (Wildman–Crippen MR) is 39.8 cm³/mol. The van der Waals surface area contributed by atoms with Crippen molar-refractivity contribution in [3.63, 3.8) is 0 Å². The van der Waals surface area contributed by atoms with Crippen molar-refractivity contribution in [1.29, 1.82) is 0 Å². The van der Waals surface area contributed by atoms with Gasteiger partial charge in [0, 0.05) is 4.43 Å². The van der Waals surface area contributed by atoms with Crippen LogP contribution in [0.25, 0.3) is 0 Å². The largest absolute Gasteiger partial charge is 0.330 e. The summed E-state index contributed by atoms with van der Waals surface area (Å²) >= 11 is 2.31. The van der Waals surface area contributed by atoms with E-state index in [0.717, 1.165) is 13.0 Å². The molecule has 0 unspecified atom stereocenters. The van der Waals surface area contributed by atoms with Gasteiger partial charge < -0.3 is 5.73 Å². The zero-order valence-corrected chi connectivity index (χ0v) is 6.46. The minimum Gasteiger partial charge on any atom is -0.330 e. The van der Waals surface area contributed by atoms with Crippen LogP contribution in [0.5, 0.6) is 0 Å². The number of halogens is 2. The highest BCUT2D eigenvalue weighted by Crippen LogP contribution is 1.81. The van der Waals surface area contributed by atoms with Crippen LogP contribution in [0.4, 0.5) is 0 Å². The lowest BCUT2D eigenvalue weighted by atomic mass is 10.5. The number of alkyl halides is 1. The van der Waals surface area contributed by atoms with Gasteiger partial charge in [-0.2, -0.15) is 0 Å². The highest BCUT2D eigenvalue weighted by Gasteiger charge is 1.69. The van der Waals surface area contributed by atoms with Gasteiger partial charge in [0.2, 0.25) is 0 Å². The molecule has 40 valence electrons. The molecule has 0 heterocycles. The number of hydrogen-bond acceptors (Lipinski definition) is 1. The Morgan fingerprint density at radius 3 is 2.00 bits per heavy atom. The highest BCUT2D eigenvalue weighted by atomic mass is 127. The van der Waals surface area contributed by atoms with E-state index in [9.17, 15) is 0 Å². The van der Waals surface area contributed by atoms with Crippen LogP contribution in [0.1, 0.15) is 6.42 Å². The van der Waals surface area contributed by atoms with Crippen molar-refractivity contribution in [3.8, 4) is 0 Å². The smallest absolute Gasteiger partial charge is 0.000727 e. The van der Waals surface area contributed by atoms with Crippen molar-refractivity contribution in [3.05, 3.63) is 0 Å². The van der Waals surface area contributed by atoms with Crippen LogP contribution in [0, 0.1) is 0 Å². The van der Waals surface area contributed by atoms with Gasteiger partial charge in [-0.15, -0.1) is 12.4 Å². The average Bonchev–Trinajstić information content (AvgIpc) is 1.41. The number of rotatable bonds is 2. The summed E-state index contributed by atoms with van der Waals surface area (Å²) in [5, 5.41) is 0. The van der Waals surface area contributed by atoms with E-state index in [1.807, 2.05) is 0 Å². The molecule has 0 spiro atoms. The molecule has 0 atom stereocenters. The summed E-state index contributed by atoms with van der Waals surface area (Å²) in [6, 6.07) is 0. The highest BCUT2D eigenvalue weighted by molar-refractivity contribution is 14.1. The monoisotopic (exact) mass is 221 g/mol. The first-order valence-electron chi connectivity index (χ1n) is 1.68. The molecule has 0 bridgehead atoms. The third kappa shape index (κ3) is 8.88. The summed E-state index contributed by atoms with van der Waals surface area (Å²) < 4.78 is 1.19. The average molecular weight is 221 g/mol. The fourth-order valence-electron chi connectivity index (χ4n) is 0.0772. The van der Waals surface area contributed by atoms with Crippen molar-refractivity contribution < 1.29 is 0 Å². The maximum Gasteiger partial charge on any atom is 0.000727 e. The molecule has 0 aliphatic carbocycles. The van der Waals surface area contributed by atoms with Gasteiger partial charge in [0.05, 0.1) is 0 Å². The fraction of sp³-hybridized carbons (Fsp3) is 1.00. The van der Waals surface area contributed by atoms with Gasteiger partial charge >= 0.3 is 0 Å². The lowest BCUT2D eigenvalue weighted by Gasteiger charge is -1.78. The zero-order chi connectivity index (χ0) is 4.12. The molecule has 3 heteroatoms. The fourth-order valence-corrected chi connectivity index (χ4v) is 0.518. The lowest BCUT2D eigenvalue weighted by molar-refractivity contribution is 0.955. The van der Waals surface area contributed by atoms with Crippen molar-refractivity contribution in [2.24, 2.45) is 5.73 Å². The first kappa shape index (κ1) is 10.1. The molecule has 6 heavy (non-hydrogen) atoms. The maximum absolute atomic E-state index is 5.13. The van der Waals surface area contributed by atoms with Crippen molar-refractivity contribution >= 4 is 35.0 Å². The summed E-state index contributed by atoms with van der Waals surface area (Å²) in [6.45, 7) is 0.836. The molecular formula is C3H9ClIN. The Morgan fingerprint density at radius 1 is 1.50 bits per heavy atom. The minimum atomic E-state index is 0. The van der Waals surface area contributed by atoms with Crippen LogP contribution in [-0.4, -0.2) is 11.0 Å². The van der Waals surface area contributed by atoms with E-state index < -0.39 is 0 Å². The van der Waals surface area contributed by atoms with Crippen molar-refractivity contribution in [1.82, 2.24) is 0 Å². The lowest BCUT2D eigenvalue weighted by Crippen LogP contribution is -1.97. The second-order valence-corrected chi connectivity index (χ2v) is 1.91. The first-order valence-corrected chi connectivity index (χ1v) is 3.20. The zero-order valence-electron chi connectivity index (χ0n) is 3.48. The summed E-state index contributed by atoms with van der Waals surface area (Å²) in [5.41, 5.74) is 5.13. The molecule has 2 N–H and O–H groups in total. The third-order valence-electron chi connectivity index (χ3n) is 0.338. The summed E-state index contributed by atoms with van der Waals surface area (Å²) in [7, 11) is 0. The molecular weight excluding hydrogens is 212 g/mol. The summed E-state index contributed by atoms with van der Waals surface area (Å²) in [4.78, 5) is 0. The van der Waals surface area contributed by atoms with E-state index >= 15 is 0 Å². The Bertz CT molecular complexity index is 18.3. The van der Waals surface area contributed by atoms with Crippen LogP contribution in [0.15, 0.2) is 0 Å². The normalized spacial score (nSPS) is 7.00. The van der Waals surface area contributed by atoms with E-state index in [1.165, 1.54) is 4.43 Å². The molecule has 0 aromatic carbocycles. The Hall–Kier alpha value is 0.980. The standard InChI is InChI=1S/C3H8IN.ClH/c4-2-1-3-5;/h1-3,5H2;1H. The molecule has 0 radical (unpaired) electrons. The molecule has 0 aliphatic rings. The second-order valence-electron chi connectivity index (χ2n) is 0.831. The minimum absolute atomic E-state index is 0. The number of hydrogen-bond donors (Lipinski definition) is 1. The first-order chi connectivity index (χ1) is 2.41. The molecule has 0 aliphatic heterocycles. The molecule has 0 rings (SSSR count). The number of nitrogens with two attached hydrogens (primary N) is 1. The molecule has 0 amide bonds. The Kier molecular flexibility index (Phi) is 15.7. The van der Waals surface area contributed by atoms with E-state index in [2.05, 4.69) is 22.6 Å². The molecule has 0 saturated heterocycles. The van der Waals surface area contributed by atoms with Gasteiger partial charge in [-0.25, -0.2) is 0 Å². The van der Waals surface area contributed by atoms with Gasteiger partial charge in [0.25, 0.3) is 0 Å². The molecule has 0 saturated carbocycles. The molecule has 1 nitrogen and oxygen atoms in total. The molecule has 0 aromatic heterocycles. The quantitative estimate of drug-likeness (QED) is 0.550. The Balaban J connectivity index is 0. The van der Waals surface area contributed by atoms with Gasteiger partial charge in [-0.3, -0.25) is 0 Å². The van der Waals surface area contributed by atoms with Crippen LogP contribution in [-0.2, 0) is 0 Å². The van der Waals surface area contributed by atoms with Gasteiger partial charge in [-0.1, -0.05) is 22.6 Å². The van der Waals surface area contributed by atoms with Crippen molar-refractivity contribution in [2.45, 2.75) is 6.42 Å². The molecule has 0 aromatic rings. The maximum atomic E-state index is 5.13. The van der Waals surface area contributed by atoms with E-state index in [-0.39, 0.29) is 12.4 Å². The summed E-state index contributed by atoms with van der Waals surface area (Å²) in [6.07, 6.45) is 1.15. The van der Waals surface area contributed by atoms with E-state index in [1.54, 1.807) is 0 Å². The Morgan fingerprint density at radius 2 is 2.00 bits per heavy atom. The molecule has 0 fully saturated rings. The van der Waals surface area contributed by atoms with Gasteiger partial charge in [0.1, 0.15) is 0 Å². The van der Waals surface area contributed by atoms with E-state index in [0.29, 0.717) is 0 Å². The van der Waals surface area contributed by atoms with Crippen LogP contribution in [0.3, 0.4) is 0 Å². The van der Waals surface area contributed by atoms with Crippen molar-refractivity contribution in [2.75, 3.05) is 11.0 Å². The Labute approximate surface area is 58.2 Å².